The van der Waals surface area contributed by atoms with Crippen molar-refractivity contribution in [1.82, 2.24) is 4.98 Å². The smallest absolute Gasteiger partial charge is 0.356 e. The number of carbonyl (C=O) groups is 1. The molecule has 1 aromatic heterocycles. The second-order valence-corrected chi connectivity index (χ2v) is 6.49. The number of hydrogen-bond acceptors (Lipinski definition) is 6. The predicted molar refractivity (Wildman–Crippen MR) is 72.2 cm³/mol. The summed E-state index contributed by atoms with van der Waals surface area (Å²) in [6, 6.07) is 6.17. The van der Waals surface area contributed by atoms with Gasteiger partial charge in [-0.2, -0.15) is 0 Å². The SMILES string of the molecule is O=C(O)c1ncsc1S(=O)(=O)Nc1cccc(CO)c1. The number of carboxylic acid groups (broad SMARTS) is 1. The fourth-order valence-electron chi connectivity index (χ4n) is 1.50. The van der Waals surface area contributed by atoms with E-state index in [4.69, 9.17) is 10.2 Å². The number of aliphatic hydroxyl groups is 1. The number of sulfonamides is 1. The molecular weight excluding hydrogens is 304 g/mol. The van der Waals surface area contributed by atoms with E-state index in [-0.39, 0.29) is 16.5 Å². The average Bonchev–Trinajstić information content (AvgIpc) is 2.88. The van der Waals surface area contributed by atoms with Gasteiger partial charge in [0.1, 0.15) is 0 Å². The first-order valence-electron chi connectivity index (χ1n) is 5.33. The molecule has 2 rings (SSSR count). The van der Waals surface area contributed by atoms with Gasteiger partial charge in [0.15, 0.2) is 9.90 Å². The van der Waals surface area contributed by atoms with Crippen LogP contribution in [0.4, 0.5) is 5.69 Å². The molecule has 3 N–H and O–H groups in total. The van der Waals surface area contributed by atoms with E-state index in [2.05, 4.69) is 9.71 Å². The molecule has 0 amide bonds. The molecule has 0 spiro atoms. The summed E-state index contributed by atoms with van der Waals surface area (Å²) < 4.78 is 26.1. The molecule has 0 unspecified atom stereocenters. The van der Waals surface area contributed by atoms with Crippen molar-refractivity contribution in [3.63, 3.8) is 0 Å². The number of aromatic nitrogens is 1. The van der Waals surface area contributed by atoms with Crippen LogP contribution in [0.15, 0.2) is 34.0 Å². The minimum atomic E-state index is -4.03. The van der Waals surface area contributed by atoms with Gasteiger partial charge >= 0.3 is 5.97 Å². The van der Waals surface area contributed by atoms with Gasteiger partial charge in [0.25, 0.3) is 10.0 Å². The van der Waals surface area contributed by atoms with Gasteiger partial charge in [-0.25, -0.2) is 18.2 Å². The second-order valence-electron chi connectivity index (χ2n) is 3.76. The summed E-state index contributed by atoms with van der Waals surface area (Å²) in [6.45, 7) is -0.226. The van der Waals surface area contributed by atoms with Crippen LogP contribution in [0.1, 0.15) is 16.1 Å². The van der Waals surface area contributed by atoms with E-state index < -0.39 is 21.7 Å². The Kier molecular flexibility index (Phi) is 4.02. The molecule has 0 saturated heterocycles. The zero-order valence-electron chi connectivity index (χ0n) is 9.98. The number of nitrogens with one attached hydrogen (secondary N) is 1. The van der Waals surface area contributed by atoms with Crippen LogP contribution < -0.4 is 4.72 Å². The summed E-state index contributed by atoms with van der Waals surface area (Å²) in [7, 11) is -4.03. The van der Waals surface area contributed by atoms with Gasteiger partial charge in [-0.1, -0.05) is 12.1 Å². The summed E-state index contributed by atoms with van der Waals surface area (Å²) in [4.78, 5) is 14.4. The third-order valence-electron chi connectivity index (χ3n) is 2.34. The van der Waals surface area contributed by atoms with Crippen LogP contribution in [0.3, 0.4) is 0 Å². The van der Waals surface area contributed by atoms with Gasteiger partial charge < -0.3 is 10.2 Å². The molecule has 0 aliphatic rings. The first-order chi connectivity index (χ1) is 9.44. The highest BCUT2D eigenvalue weighted by atomic mass is 32.2. The van der Waals surface area contributed by atoms with Crippen molar-refractivity contribution in [3.05, 3.63) is 41.0 Å². The average molecular weight is 314 g/mol. The minimum absolute atomic E-state index is 0.226. The van der Waals surface area contributed by atoms with E-state index in [9.17, 15) is 13.2 Å². The van der Waals surface area contributed by atoms with Gasteiger partial charge in [-0.3, -0.25) is 4.72 Å². The molecule has 0 radical (unpaired) electrons. The zero-order chi connectivity index (χ0) is 14.8. The number of aliphatic hydroxyl groups excluding tert-OH is 1. The fraction of sp³-hybridized carbons (Fsp3) is 0.0909. The van der Waals surface area contributed by atoms with Crippen molar-refractivity contribution in [2.45, 2.75) is 10.8 Å². The highest BCUT2D eigenvalue weighted by Gasteiger charge is 2.25. The Balaban J connectivity index is 2.35. The summed E-state index contributed by atoms with van der Waals surface area (Å²) in [5.41, 5.74) is 1.41. The van der Waals surface area contributed by atoms with E-state index in [0.29, 0.717) is 5.56 Å². The molecule has 0 saturated carbocycles. The molecule has 0 bridgehead atoms. The van der Waals surface area contributed by atoms with E-state index in [1.54, 1.807) is 12.1 Å². The Labute approximate surface area is 118 Å². The standard InChI is InChI=1S/C11H10N2O5S2/c14-5-7-2-1-3-8(4-7)13-20(17,18)11-9(10(15)16)12-6-19-11/h1-4,6,13-14H,5H2,(H,15,16). The van der Waals surface area contributed by atoms with Gasteiger partial charge in [0.05, 0.1) is 12.1 Å². The van der Waals surface area contributed by atoms with Crippen LogP contribution in [0, 0.1) is 0 Å². The van der Waals surface area contributed by atoms with Crippen molar-refractivity contribution in [2.24, 2.45) is 0 Å². The molecule has 0 atom stereocenters. The zero-order valence-corrected chi connectivity index (χ0v) is 11.6. The molecule has 0 aliphatic heterocycles. The van der Waals surface area contributed by atoms with Crippen molar-refractivity contribution in [2.75, 3.05) is 4.72 Å². The first kappa shape index (κ1) is 14.4. The van der Waals surface area contributed by atoms with E-state index >= 15 is 0 Å². The number of aromatic carboxylic acids is 1. The quantitative estimate of drug-likeness (QED) is 0.762. The van der Waals surface area contributed by atoms with Gasteiger partial charge in [-0.05, 0) is 17.7 Å². The largest absolute Gasteiger partial charge is 0.476 e. The first-order valence-corrected chi connectivity index (χ1v) is 7.69. The predicted octanol–water partition coefficient (Wildman–Crippen LogP) is 1.13. The number of carboxylic acids is 1. The monoisotopic (exact) mass is 314 g/mol. The number of rotatable bonds is 5. The van der Waals surface area contributed by atoms with Crippen LogP contribution in [0.25, 0.3) is 0 Å². The van der Waals surface area contributed by atoms with E-state index in [1.165, 1.54) is 12.1 Å². The summed E-state index contributed by atoms with van der Waals surface area (Å²) in [5.74, 6) is -1.41. The van der Waals surface area contributed by atoms with Crippen LogP contribution in [0.5, 0.6) is 0 Å². The number of thiazole rings is 1. The molecule has 2 aromatic rings. The van der Waals surface area contributed by atoms with Gasteiger partial charge in [-0.15, -0.1) is 11.3 Å². The third kappa shape index (κ3) is 2.95. The Morgan fingerprint density at radius 2 is 2.15 bits per heavy atom. The van der Waals surface area contributed by atoms with Crippen molar-refractivity contribution in [3.8, 4) is 0 Å². The second kappa shape index (κ2) is 5.57. The summed E-state index contributed by atoms with van der Waals surface area (Å²) in [5, 5.41) is 17.9. The minimum Gasteiger partial charge on any atom is -0.476 e. The summed E-state index contributed by atoms with van der Waals surface area (Å²) >= 11 is 0.722. The highest BCUT2D eigenvalue weighted by molar-refractivity contribution is 7.94. The van der Waals surface area contributed by atoms with Crippen LogP contribution in [-0.2, 0) is 16.6 Å². The van der Waals surface area contributed by atoms with E-state index in [0.717, 1.165) is 16.8 Å². The highest BCUT2D eigenvalue weighted by Crippen LogP contribution is 2.23. The number of anilines is 1. The number of benzene rings is 1. The Bertz CT molecular complexity index is 739. The lowest BCUT2D eigenvalue weighted by molar-refractivity contribution is 0.0687. The number of hydrogen-bond donors (Lipinski definition) is 3. The van der Waals surface area contributed by atoms with Crippen molar-refractivity contribution >= 4 is 33.0 Å². The van der Waals surface area contributed by atoms with Crippen molar-refractivity contribution < 1.29 is 23.4 Å². The van der Waals surface area contributed by atoms with Gasteiger partial charge in [0.2, 0.25) is 0 Å². The lowest BCUT2D eigenvalue weighted by atomic mass is 10.2. The van der Waals surface area contributed by atoms with Crippen LogP contribution >= 0.6 is 11.3 Å². The normalized spacial score (nSPS) is 11.2. The summed E-state index contributed by atoms with van der Waals surface area (Å²) in [6.07, 6.45) is 0. The molecule has 0 fully saturated rings. The third-order valence-corrected chi connectivity index (χ3v) is 5.09. The lowest BCUT2D eigenvalue weighted by Gasteiger charge is -2.07. The molecule has 0 aliphatic carbocycles. The van der Waals surface area contributed by atoms with E-state index in [1.807, 2.05) is 0 Å². The molecule has 7 nitrogen and oxygen atoms in total. The fourth-order valence-corrected chi connectivity index (χ4v) is 3.69. The van der Waals surface area contributed by atoms with Gasteiger partial charge in [0, 0.05) is 5.69 Å². The maximum Gasteiger partial charge on any atom is 0.356 e. The molecule has 1 heterocycles. The van der Waals surface area contributed by atoms with Crippen molar-refractivity contribution in [1.29, 1.82) is 0 Å². The van der Waals surface area contributed by atoms with Crippen LogP contribution in [0.2, 0.25) is 0 Å². The Hall–Kier alpha value is -1.97. The molecule has 9 heteroatoms. The lowest BCUT2D eigenvalue weighted by Crippen LogP contribution is -2.15. The maximum atomic E-state index is 12.1. The molecule has 106 valence electrons. The van der Waals surface area contributed by atoms with Crippen LogP contribution in [-0.4, -0.2) is 29.6 Å². The molecule has 1 aromatic carbocycles. The maximum absolute atomic E-state index is 12.1. The number of nitrogens with zero attached hydrogens (tertiary/aromatic N) is 1. The Morgan fingerprint density at radius 1 is 1.40 bits per heavy atom. The molecular formula is C11H10N2O5S2. The molecule has 20 heavy (non-hydrogen) atoms. The Morgan fingerprint density at radius 3 is 2.80 bits per heavy atom. The topological polar surface area (TPSA) is 117 Å².